The summed E-state index contributed by atoms with van der Waals surface area (Å²) in [5.74, 6) is 3.25. The normalized spacial score (nSPS) is 12.3. The molecule has 108 valence electrons. The fourth-order valence-corrected chi connectivity index (χ4v) is 2.82. The summed E-state index contributed by atoms with van der Waals surface area (Å²) in [5, 5.41) is 3.84. The molecular formula is C12H15F2N5S. The van der Waals surface area contributed by atoms with Crippen molar-refractivity contribution >= 4 is 23.0 Å². The summed E-state index contributed by atoms with van der Waals surface area (Å²) in [7, 11) is 0. The van der Waals surface area contributed by atoms with Crippen molar-refractivity contribution < 1.29 is 8.78 Å². The maximum absolute atomic E-state index is 13.7. The first-order valence-electron chi connectivity index (χ1n) is 5.95. The van der Waals surface area contributed by atoms with Crippen molar-refractivity contribution in [1.29, 1.82) is 0 Å². The molecule has 0 spiro atoms. The Kier molecular flexibility index (Phi) is 4.15. The van der Waals surface area contributed by atoms with E-state index in [1.54, 1.807) is 0 Å². The second-order valence-electron chi connectivity index (χ2n) is 4.34. The van der Waals surface area contributed by atoms with E-state index in [9.17, 15) is 8.78 Å². The van der Waals surface area contributed by atoms with E-state index in [4.69, 9.17) is 5.84 Å². The molecule has 4 N–H and O–H groups in total. The number of thiazole rings is 1. The van der Waals surface area contributed by atoms with Crippen LogP contribution in [0.25, 0.3) is 0 Å². The number of nitrogens with zero attached hydrogens (tertiary/aromatic N) is 2. The van der Waals surface area contributed by atoms with Crippen LogP contribution in [0, 0.1) is 25.5 Å². The van der Waals surface area contributed by atoms with E-state index in [2.05, 4.69) is 20.7 Å². The first kappa shape index (κ1) is 14.6. The highest BCUT2D eigenvalue weighted by molar-refractivity contribution is 7.11. The molecule has 0 bridgehead atoms. The number of hydrazine groups is 1. The van der Waals surface area contributed by atoms with Crippen LogP contribution in [0.2, 0.25) is 0 Å². The van der Waals surface area contributed by atoms with Gasteiger partial charge in [-0.3, -0.25) is 0 Å². The van der Waals surface area contributed by atoms with Gasteiger partial charge in [-0.05, 0) is 20.8 Å². The molecule has 2 aromatic rings. The second-order valence-corrected chi connectivity index (χ2v) is 5.58. The molecule has 0 saturated carbocycles. The molecule has 0 fully saturated rings. The van der Waals surface area contributed by atoms with Crippen molar-refractivity contribution in [3.05, 3.63) is 33.3 Å². The number of rotatable bonds is 4. The number of hydrogen-bond acceptors (Lipinski definition) is 6. The third kappa shape index (κ3) is 2.86. The number of halogens is 2. The summed E-state index contributed by atoms with van der Waals surface area (Å²) in [6, 6.07) is 0.543. The van der Waals surface area contributed by atoms with E-state index in [0.717, 1.165) is 21.6 Å². The maximum Gasteiger partial charge on any atom is 0.178 e. The lowest BCUT2D eigenvalue weighted by Gasteiger charge is -2.15. The molecule has 0 aromatic carbocycles. The molecule has 2 rings (SSSR count). The number of nitrogens with one attached hydrogen (secondary N) is 2. The molecule has 1 unspecified atom stereocenters. The summed E-state index contributed by atoms with van der Waals surface area (Å²) < 4.78 is 27.0. The number of nitrogens with two attached hydrogens (primary N) is 1. The van der Waals surface area contributed by atoms with Crippen LogP contribution in [0.15, 0.2) is 6.07 Å². The van der Waals surface area contributed by atoms with Crippen LogP contribution in [0.3, 0.4) is 0 Å². The molecule has 0 amide bonds. The van der Waals surface area contributed by atoms with Gasteiger partial charge in [0.05, 0.1) is 16.7 Å². The Balaban J connectivity index is 2.27. The van der Waals surface area contributed by atoms with Crippen LogP contribution >= 0.6 is 11.3 Å². The highest BCUT2D eigenvalue weighted by Gasteiger charge is 2.17. The van der Waals surface area contributed by atoms with Gasteiger partial charge < -0.3 is 10.7 Å². The van der Waals surface area contributed by atoms with Gasteiger partial charge in [-0.15, -0.1) is 11.3 Å². The number of aryl methyl sites for hydroxylation is 2. The number of aromatic nitrogens is 2. The zero-order chi connectivity index (χ0) is 14.9. The quantitative estimate of drug-likeness (QED) is 0.598. The molecular weight excluding hydrogens is 284 g/mol. The highest BCUT2D eigenvalue weighted by Crippen LogP contribution is 2.28. The fraction of sp³-hybridized carbons (Fsp3) is 0.333. The van der Waals surface area contributed by atoms with E-state index >= 15 is 0 Å². The number of nitrogen functional groups attached to an aromatic ring is 1. The molecule has 8 heteroatoms. The zero-order valence-electron chi connectivity index (χ0n) is 11.3. The predicted octanol–water partition coefficient (Wildman–Crippen LogP) is 2.89. The third-order valence-corrected chi connectivity index (χ3v) is 4.01. The lowest BCUT2D eigenvalue weighted by Crippen LogP contribution is -2.14. The lowest BCUT2D eigenvalue weighted by atomic mass is 10.2. The van der Waals surface area contributed by atoms with Crippen molar-refractivity contribution in [2.45, 2.75) is 26.8 Å². The molecule has 0 saturated heterocycles. The Hall–Kier alpha value is -1.80. The van der Waals surface area contributed by atoms with Crippen LogP contribution in [-0.2, 0) is 0 Å². The van der Waals surface area contributed by atoms with Gasteiger partial charge in [-0.2, -0.15) is 0 Å². The molecule has 0 radical (unpaired) electrons. The first-order chi connectivity index (χ1) is 9.42. The molecule has 0 aliphatic rings. The van der Waals surface area contributed by atoms with E-state index in [0.29, 0.717) is 0 Å². The topological polar surface area (TPSA) is 75.9 Å². The summed E-state index contributed by atoms with van der Waals surface area (Å²) in [6.45, 7) is 5.65. The van der Waals surface area contributed by atoms with E-state index in [-0.39, 0.29) is 17.7 Å². The van der Waals surface area contributed by atoms with Gasteiger partial charge in [0.1, 0.15) is 0 Å². The first-order valence-corrected chi connectivity index (χ1v) is 6.77. The van der Waals surface area contributed by atoms with Crippen LogP contribution in [0.4, 0.5) is 20.4 Å². The molecule has 0 aliphatic carbocycles. The van der Waals surface area contributed by atoms with Crippen molar-refractivity contribution in [2.24, 2.45) is 5.84 Å². The number of hydrogen-bond donors (Lipinski definition) is 3. The Bertz CT molecular complexity index is 629. The van der Waals surface area contributed by atoms with Gasteiger partial charge in [-0.1, -0.05) is 0 Å². The Morgan fingerprint density at radius 2 is 1.85 bits per heavy atom. The van der Waals surface area contributed by atoms with E-state index in [1.165, 1.54) is 11.3 Å². The van der Waals surface area contributed by atoms with Gasteiger partial charge in [0.25, 0.3) is 0 Å². The maximum atomic E-state index is 13.7. The van der Waals surface area contributed by atoms with Crippen molar-refractivity contribution in [2.75, 3.05) is 10.7 Å². The molecule has 20 heavy (non-hydrogen) atoms. The standard InChI is InChI=1S/C12H15F2N5S/c1-5-10(20-7(3)16-5)6(2)17-11-8(13)4-9(14)12(18-11)19-15/h4,6H,15H2,1-3H3,(H2,17,18,19). The Morgan fingerprint density at radius 1 is 1.20 bits per heavy atom. The second kappa shape index (κ2) is 5.68. The van der Waals surface area contributed by atoms with Crippen LogP contribution in [0.1, 0.15) is 28.5 Å². The zero-order valence-corrected chi connectivity index (χ0v) is 12.1. The van der Waals surface area contributed by atoms with Crippen LogP contribution < -0.4 is 16.6 Å². The number of pyridine rings is 1. The third-order valence-electron chi connectivity index (χ3n) is 2.75. The van der Waals surface area contributed by atoms with Gasteiger partial charge in [-0.25, -0.2) is 24.6 Å². The average Bonchev–Trinajstić information content (AvgIpc) is 2.71. The Morgan fingerprint density at radius 3 is 2.40 bits per heavy atom. The minimum Gasteiger partial charge on any atom is -0.360 e. The monoisotopic (exact) mass is 299 g/mol. The van der Waals surface area contributed by atoms with Crippen molar-refractivity contribution in [3.8, 4) is 0 Å². The van der Waals surface area contributed by atoms with Crippen LogP contribution in [0.5, 0.6) is 0 Å². The van der Waals surface area contributed by atoms with Gasteiger partial charge in [0.15, 0.2) is 23.3 Å². The van der Waals surface area contributed by atoms with Gasteiger partial charge in [0.2, 0.25) is 0 Å². The predicted molar refractivity (Wildman–Crippen MR) is 75.6 cm³/mol. The Labute approximate surface area is 119 Å². The van der Waals surface area contributed by atoms with E-state index in [1.807, 2.05) is 20.8 Å². The van der Waals surface area contributed by atoms with Crippen molar-refractivity contribution in [3.63, 3.8) is 0 Å². The summed E-state index contributed by atoms with van der Waals surface area (Å²) in [6.07, 6.45) is 0. The largest absolute Gasteiger partial charge is 0.360 e. The van der Waals surface area contributed by atoms with Crippen molar-refractivity contribution in [1.82, 2.24) is 9.97 Å². The number of anilines is 2. The molecule has 0 aliphatic heterocycles. The SMILES string of the molecule is Cc1nc(C)c(C(C)Nc2nc(NN)c(F)cc2F)s1. The highest BCUT2D eigenvalue weighted by atomic mass is 32.1. The fourth-order valence-electron chi connectivity index (χ4n) is 1.89. The van der Waals surface area contributed by atoms with Gasteiger partial charge in [0, 0.05) is 10.9 Å². The molecule has 1 atom stereocenters. The van der Waals surface area contributed by atoms with E-state index < -0.39 is 11.6 Å². The minimum atomic E-state index is -0.840. The van der Waals surface area contributed by atoms with Gasteiger partial charge >= 0.3 is 0 Å². The minimum absolute atomic E-state index is 0.0581. The summed E-state index contributed by atoms with van der Waals surface area (Å²) >= 11 is 1.52. The molecule has 2 aromatic heterocycles. The van der Waals surface area contributed by atoms with Crippen LogP contribution in [-0.4, -0.2) is 9.97 Å². The molecule has 5 nitrogen and oxygen atoms in total. The lowest BCUT2D eigenvalue weighted by molar-refractivity contribution is 0.576. The summed E-state index contributed by atoms with van der Waals surface area (Å²) in [5.41, 5.74) is 2.97. The average molecular weight is 299 g/mol. The smallest absolute Gasteiger partial charge is 0.178 e. The molecule has 2 heterocycles. The summed E-state index contributed by atoms with van der Waals surface area (Å²) in [4.78, 5) is 9.08.